The van der Waals surface area contributed by atoms with E-state index in [9.17, 15) is 0 Å². The molecule has 116 valence electrons. The highest BCUT2D eigenvalue weighted by molar-refractivity contribution is 5.48. The third kappa shape index (κ3) is 3.18. The van der Waals surface area contributed by atoms with Crippen LogP contribution in [-0.4, -0.2) is 29.0 Å². The lowest BCUT2D eigenvalue weighted by atomic mass is 9.83. The molecule has 0 aromatic carbocycles. The summed E-state index contributed by atoms with van der Waals surface area (Å²) in [6.07, 6.45) is 5.65. The fourth-order valence-corrected chi connectivity index (χ4v) is 2.75. The minimum absolute atomic E-state index is 0.623. The molecule has 0 radical (unpaired) electrons. The van der Waals surface area contributed by atoms with Gasteiger partial charge in [0.2, 0.25) is 0 Å². The summed E-state index contributed by atoms with van der Waals surface area (Å²) >= 11 is 0. The van der Waals surface area contributed by atoms with Crippen molar-refractivity contribution in [3.8, 4) is 0 Å². The molecule has 0 unspecified atom stereocenters. The molecule has 22 heavy (non-hydrogen) atoms. The molecule has 0 amide bonds. The van der Waals surface area contributed by atoms with E-state index in [4.69, 9.17) is 0 Å². The Morgan fingerprint density at radius 2 is 2.09 bits per heavy atom. The summed E-state index contributed by atoms with van der Waals surface area (Å²) in [5.41, 5.74) is 2.34. The van der Waals surface area contributed by atoms with E-state index < -0.39 is 0 Å². The quantitative estimate of drug-likeness (QED) is 0.919. The Labute approximate surface area is 131 Å². The van der Waals surface area contributed by atoms with Crippen molar-refractivity contribution in [3.05, 3.63) is 41.5 Å². The number of nitrogens with zero attached hydrogens (tertiary/aromatic N) is 4. The first-order valence-electron chi connectivity index (χ1n) is 7.84. The Kier molecular flexibility index (Phi) is 4.22. The highest BCUT2D eigenvalue weighted by Crippen LogP contribution is 2.35. The molecule has 1 saturated carbocycles. The number of rotatable bonds is 5. The van der Waals surface area contributed by atoms with E-state index in [0.29, 0.717) is 12.5 Å². The SMILES string of the molecule is Cc1nc(NCc2cccnc2N(C)C)cc(C2CCC2)n1. The van der Waals surface area contributed by atoms with Crippen LogP contribution >= 0.6 is 0 Å². The molecule has 1 aliphatic rings. The fourth-order valence-electron chi connectivity index (χ4n) is 2.75. The van der Waals surface area contributed by atoms with Crippen LogP contribution in [0.2, 0.25) is 0 Å². The summed E-state index contributed by atoms with van der Waals surface area (Å²) < 4.78 is 0. The molecule has 0 bridgehead atoms. The molecule has 0 aliphatic heterocycles. The van der Waals surface area contributed by atoms with E-state index in [2.05, 4.69) is 32.4 Å². The Morgan fingerprint density at radius 3 is 2.77 bits per heavy atom. The Morgan fingerprint density at radius 1 is 1.27 bits per heavy atom. The van der Waals surface area contributed by atoms with Gasteiger partial charge in [-0.25, -0.2) is 15.0 Å². The van der Waals surface area contributed by atoms with Crippen molar-refractivity contribution in [2.45, 2.75) is 38.6 Å². The monoisotopic (exact) mass is 297 g/mol. The average molecular weight is 297 g/mol. The van der Waals surface area contributed by atoms with E-state index in [1.807, 2.05) is 38.2 Å². The number of hydrogen-bond acceptors (Lipinski definition) is 5. The van der Waals surface area contributed by atoms with Crippen molar-refractivity contribution >= 4 is 11.6 Å². The van der Waals surface area contributed by atoms with Crippen molar-refractivity contribution in [2.75, 3.05) is 24.3 Å². The number of aryl methyl sites for hydroxylation is 1. The van der Waals surface area contributed by atoms with Gasteiger partial charge in [-0.3, -0.25) is 0 Å². The maximum absolute atomic E-state index is 4.58. The Hall–Kier alpha value is -2.17. The molecule has 1 aliphatic carbocycles. The summed E-state index contributed by atoms with van der Waals surface area (Å²) in [5.74, 6) is 3.35. The van der Waals surface area contributed by atoms with E-state index in [1.165, 1.54) is 25.0 Å². The lowest BCUT2D eigenvalue weighted by Crippen LogP contribution is -2.16. The molecule has 2 aromatic heterocycles. The fraction of sp³-hybridized carbons (Fsp3) is 0.471. The van der Waals surface area contributed by atoms with Gasteiger partial charge in [0, 0.05) is 50.1 Å². The summed E-state index contributed by atoms with van der Waals surface area (Å²) in [5, 5.41) is 3.42. The van der Waals surface area contributed by atoms with Crippen LogP contribution in [0.3, 0.4) is 0 Å². The van der Waals surface area contributed by atoms with Crippen LogP contribution in [0, 0.1) is 6.92 Å². The smallest absolute Gasteiger partial charge is 0.132 e. The minimum Gasteiger partial charge on any atom is -0.366 e. The second-order valence-electron chi connectivity index (χ2n) is 6.09. The molecule has 2 heterocycles. The highest BCUT2D eigenvalue weighted by atomic mass is 15.1. The van der Waals surface area contributed by atoms with Gasteiger partial charge in [0.05, 0.1) is 0 Å². The van der Waals surface area contributed by atoms with Crippen molar-refractivity contribution in [1.29, 1.82) is 0 Å². The standard InChI is InChI=1S/C17H23N5/c1-12-20-15(13-6-4-7-13)10-16(21-12)19-11-14-8-5-9-18-17(14)22(2)3/h5,8-10,13H,4,6-7,11H2,1-3H3,(H,19,20,21). The number of aromatic nitrogens is 3. The van der Waals surface area contributed by atoms with Crippen LogP contribution in [-0.2, 0) is 6.54 Å². The van der Waals surface area contributed by atoms with Gasteiger partial charge in [0.25, 0.3) is 0 Å². The Bertz CT molecular complexity index is 649. The first-order valence-corrected chi connectivity index (χ1v) is 7.84. The lowest BCUT2D eigenvalue weighted by Gasteiger charge is -2.25. The van der Waals surface area contributed by atoms with E-state index in [1.54, 1.807) is 0 Å². The number of pyridine rings is 1. The first kappa shape index (κ1) is 14.8. The summed E-state index contributed by atoms with van der Waals surface area (Å²) in [6, 6.07) is 6.16. The average Bonchev–Trinajstić information content (AvgIpc) is 2.43. The topological polar surface area (TPSA) is 53.9 Å². The van der Waals surface area contributed by atoms with Gasteiger partial charge in [-0.15, -0.1) is 0 Å². The molecule has 2 aromatic rings. The second-order valence-corrected chi connectivity index (χ2v) is 6.09. The number of anilines is 2. The summed E-state index contributed by atoms with van der Waals surface area (Å²) in [7, 11) is 4.02. The number of nitrogens with one attached hydrogen (secondary N) is 1. The predicted molar refractivity (Wildman–Crippen MR) is 89.3 cm³/mol. The zero-order valence-corrected chi connectivity index (χ0v) is 13.5. The third-order valence-corrected chi connectivity index (χ3v) is 4.13. The molecule has 5 heteroatoms. The van der Waals surface area contributed by atoms with Gasteiger partial charge in [-0.2, -0.15) is 0 Å². The largest absolute Gasteiger partial charge is 0.366 e. The first-order chi connectivity index (χ1) is 10.6. The molecule has 1 fully saturated rings. The van der Waals surface area contributed by atoms with Crippen LogP contribution in [0.15, 0.2) is 24.4 Å². The van der Waals surface area contributed by atoms with Crippen molar-refractivity contribution in [1.82, 2.24) is 15.0 Å². The maximum atomic E-state index is 4.58. The normalized spacial score (nSPS) is 14.5. The molecule has 0 saturated heterocycles. The van der Waals surface area contributed by atoms with Gasteiger partial charge in [0.15, 0.2) is 0 Å². The van der Waals surface area contributed by atoms with E-state index in [0.717, 1.165) is 23.0 Å². The second kappa shape index (κ2) is 6.30. The van der Waals surface area contributed by atoms with Gasteiger partial charge >= 0.3 is 0 Å². The van der Waals surface area contributed by atoms with E-state index in [-0.39, 0.29) is 0 Å². The van der Waals surface area contributed by atoms with Gasteiger partial charge < -0.3 is 10.2 Å². The molecule has 5 nitrogen and oxygen atoms in total. The molecule has 1 N–H and O–H groups in total. The molecule has 3 rings (SSSR count). The van der Waals surface area contributed by atoms with Crippen molar-refractivity contribution < 1.29 is 0 Å². The molecule has 0 spiro atoms. The lowest BCUT2D eigenvalue weighted by molar-refractivity contribution is 0.410. The molecular weight excluding hydrogens is 274 g/mol. The van der Waals surface area contributed by atoms with Crippen LogP contribution in [0.1, 0.15) is 42.3 Å². The van der Waals surface area contributed by atoms with Gasteiger partial charge in [-0.05, 0) is 25.8 Å². The minimum atomic E-state index is 0.623. The zero-order chi connectivity index (χ0) is 15.5. The van der Waals surface area contributed by atoms with Gasteiger partial charge in [-0.1, -0.05) is 12.5 Å². The zero-order valence-electron chi connectivity index (χ0n) is 13.5. The Balaban J connectivity index is 1.75. The maximum Gasteiger partial charge on any atom is 0.132 e. The van der Waals surface area contributed by atoms with Crippen molar-refractivity contribution in [2.24, 2.45) is 0 Å². The molecular formula is C17H23N5. The molecule has 0 atom stereocenters. The van der Waals surface area contributed by atoms with Crippen molar-refractivity contribution in [3.63, 3.8) is 0 Å². The predicted octanol–water partition coefficient (Wildman–Crippen LogP) is 3.13. The van der Waals surface area contributed by atoms with Gasteiger partial charge in [0.1, 0.15) is 17.5 Å². The summed E-state index contributed by atoms with van der Waals surface area (Å²) in [6.45, 7) is 2.67. The third-order valence-electron chi connectivity index (χ3n) is 4.13. The van der Waals surface area contributed by atoms with E-state index >= 15 is 0 Å². The summed E-state index contributed by atoms with van der Waals surface area (Å²) in [4.78, 5) is 15.6. The highest BCUT2D eigenvalue weighted by Gasteiger charge is 2.21. The van der Waals surface area contributed by atoms with Crippen LogP contribution in [0.4, 0.5) is 11.6 Å². The van der Waals surface area contributed by atoms with Crippen LogP contribution in [0.5, 0.6) is 0 Å². The van der Waals surface area contributed by atoms with Crippen LogP contribution in [0.25, 0.3) is 0 Å². The number of hydrogen-bond donors (Lipinski definition) is 1. The van der Waals surface area contributed by atoms with Crippen LogP contribution < -0.4 is 10.2 Å².